The minimum Gasteiger partial charge on any atom is -0.497 e. The fourth-order valence-corrected chi connectivity index (χ4v) is 3.50. The molecule has 1 fully saturated rings. The van der Waals surface area contributed by atoms with Crippen molar-refractivity contribution in [2.75, 3.05) is 18.6 Å². The maximum Gasteiger partial charge on any atom is 0.196 e. The van der Waals surface area contributed by atoms with E-state index in [0.717, 1.165) is 18.0 Å². The number of aliphatic imine (C=N–C) groups is 1. The van der Waals surface area contributed by atoms with Crippen molar-refractivity contribution in [3.05, 3.63) is 24.3 Å². The van der Waals surface area contributed by atoms with Gasteiger partial charge in [-0.2, -0.15) is 0 Å². The molecule has 0 aromatic heterocycles. The van der Waals surface area contributed by atoms with E-state index in [2.05, 4.69) is 28.9 Å². The molecule has 1 aromatic rings. The Morgan fingerprint density at radius 2 is 2.11 bits per heavy atom. The number of methoxy groups -OCH3 is 1. The third kappa shape index (κ3) is 1.78. The molecule has 4 nitrogen and oxygen atoms in total. The van der Waals surface area contributed by atoms with Gasteiger partial charge < -0.3 is 15.4 Å². The Bertz CT molecular complexity index is 497. The van der Waals surface area contributed by atoms with Gasteiger partial charge in [-0.1, -0.05) is 13.3 Å². The molecule has 1 aliphatic heterocycles. The first-order valence-corrected chi connectivity index (χ1v) is 6.91. The van der Waals surface area contributed by atoms with E-state index in [9.17, 15) is 0 Å². The Balaban J connectivity index is 1.97. The Hall–Kier alpha value is -1.71. The number of nitrogens with zero attached hydrogens (tertiary/aromatic N) is 2. The highest BCUT2D eigenvalue weighted by Gasteiger charge is 2.49. The van der Waals surface area contributed by atoms with Gasteiger partial charge in [-0.05, 0) is 43.0 Å². The maximum absolute atomic E-state index is 6.14. The van der Waals surface area contributed by atoms with Gasteiger partial charge in [0.05, 0.1) is 19.2 Å². The molecule has 1 aliphatic carbocycles. The smallest absolute Gasteiger partial charge is 0.196 e. The summed E-state index contributed by atoms with van der Waals surface area (Å²) < 4.78 is 5.22. The summed E-state index contributed by atoms with van der Waals surface area (Å²) in [7, 11) is 1.68. The molecular weight excluding hydrogens is 238 g/mol. The zero-order valence-corrected chi connectivity index (χ0v) is 11.6. The van der Waals surface area contributed by atoms with Crippen LogP contribution >= 0.6 is 0 Å². The van der Waals surface area contributed by atoms with Crippen molar-refractivity contribution in [3.63, 3.8) is 0 Å². The first-order chi connectivity index (χ1) is 9.17. The number of hydrogen-bond donors (Lipinski definition) is 1. The molecule has 2 unspecified atom stereocenters. The number of hydrogen-bond acceptors (Lipinski definition) is 4. The van der Waals surface area contributed by atoms with Crippen molar-refractivity contribution in [2.24, 2.45) is 16.6 Å². The summed E-state index contributed by atoms with van der Waals surface area (Å²) in [4.78, 5) is 6.75. The second-order valence-electron chi connectivity index (χ2n) is 5.60. The second-order valence-corrected chi connectivity index (χ2v) is 5.60. The summed E-state index contributed by atoms with van der Waals surface area (Å²) in [5.74, 6) is 2.14. The molecule has 3 rings (SSSR count). The lowest BCUT2D eigenvalue weighted by Crippen LogP contribution is -2.53. The van der Waals surface area contributed by atoms with E-state index in [0.29, 0.717) is 11.9 Å². The molecule has 2 N–H and O–H groups in total. The first kappa shape index (κ1) is 12.3. The molecule has 2 aliphatic rings. The van der Waals surface area contributed by atoms with E-state index in [1.807, 2.05) is 12.1 Å². The Labute approximate surface area is 114 Å². The van der Waals surface area contributed by atoms with Crippen LogP contribution in [-0.4, -0.2) is 25.2 Å². The van der Waals surface area contributed by atoms with Gasteiger partial charge in [0.25, 0.3) is 0 Å². The average Bonchev–Trinajstić information content (AvgIpc) is 2.96. The molecule has 2 atom stereocenters. The van der Waals surface area contributed by atoms with Crippen molar-refractivity contribution in [1.29, 1.82) is 0 Å². The minimum absolute atomic E-state index is 0.0959. The van der Waals surface area contributed by atoms with Crippen LogP contribution in [0.3, 0.4) is 0 Å². The predicted octanol–water partition coefficient (Wildman–Crippen LogP) is 2.39. The van der Waals surface area contributed by atoms with Gasteiger partial charge in [-0.15, -0.1) is 0 Å². The molecule has 1 heterocycles. The lowest BCUT2D eigenvalue weighted by Gasteiger charge is -2.39. The van der Waals surface area contributed by atoms with Gasteiger partial charge in [0, 0.05) is 5.69 Å². The van der Waals surface area contributed by atoms with E-state index in [4.69, 9.17) is 10.5 Å². The fraction of sp³-hybridized carbons (Fsp3) is 0.533. The van der Waals surface area contributed by atoms with Gasteiger partial charge in [0.1, 0.15) is 5.75 Å². The molecule has 19 heavy (non-hydrogen) atoms. The molecule has 4 heteroatoms. The highest BCUT2D eigenvalue weighted by Crippen LogP contribution is 2.45. The summed E-state index contributed by atoms with van der Waals surface area (Å²) in [6, 6.07) is 8.10. The van der Waals surface area contributed by atoms with Crippen molar-refractivity contribution >= 4 is 11.6 Å². The number of guanidine groups is 1. The van der Waals surface area contributed by atoms with E-state index >= 15 is 0 Å². The maximum atomic E-state index is 6.14. The third-order valence-corrected chi connectivity index (χ3v) is 4.68. The Morgan fingerprint density at radius 1 is 1.37 bits per heavy atom. The van der Waals surface area contributed by atoms with E-state index < -0.39 is 0 Å². The van der Waals surface area contributed by atoms with E-state index in [1.54, 1.807) is 7.11 Å². The zero-order chi connectivity index (χ0) is 13.5. The highest BCUT2D eigenvalue weighted by molar-refractivity contribution is 5.98. The van der Waals surface area contributed by atoms with Crippen molar-refractivity contribution in [2.45, 2.75) is 31.7 Å². The van der Waals surface area contributed by atoms with Crippen LogP contribution < -0.4 is 15.4 Å². The average molecular weight is 259 g/mol. The largest absolute Gasteiger partial charge is 0.497 e. The zero-order valence-electron chi connectivity index (χ0n) is 11.6. The quantitative estimate of drug-likeness (QED) is 0.887. The molecule has 0 bridgehead atoms. The first-order valence-electron chi connectivity index (χ1n) is 6.91. The highest BCUT2D eigenvalue weighted by atomic mass is 16.5. The minimum atomic E-state index is 0.0959. The van der Waals surface area contributed by atoms with Gasteiger partial charge in [0.2, 0.25) is 0 Å². The topological polar surface area (TPSA) is 50.9 Å². The van der Waals surface area contributed by atoms with Crippen LogP contribution in [0, 0.1) is 5.92 Å². The molecule has 1 aromatic carbocycles. The van der Waals surface area contributed by atoms with E-state index in [-0.39, 0.29) is 5.54 Å². The second kappa shape index (κ2) is 4.44. The molecule has 1 spiro atoms. The summed E-state index contributed by atoms with van der Waals surface area (Å²) >= 11 is 0. The predicted molar refractivity (Wildman–Crippen MR) is 77.7 cm³/mol. The van der Waals surface area contributed by atoms with Crippen molar-refractivity contribution in [3.8, 4) is 5.75 Å². The monoisotopic (exact) mass is 259 g/mol. The summed E-state index contributed by atoms with van der Waals surface area (Å²) in [6.45, 7) is 3.14. The van der Waals surface area contributed by atoms with Crippen LogP contribution in [0.1, 0.15) is 26.2 Å². The molecule has 102 valence electrons. The summed E-state index contributed by atoms with van der Waals surface area (Å²) in [6.07, 6.45) is 3.69. The Morgan fingerprint density at radius 3 is 2.68 bits per heavy atom. The lowest BCUT2D eigenvalue weighted by molar-refractivity contribution is 0.365. The number of benzene rings is 1. The van der Waals surface area contributed by atoms with Gasteiger partial charge in [-0.25, -0.2) is 0 Å². The van der Waals surface area contributed by atoms with Crippen LogP contribution in [0.5, 0.6) is 5.75 Å². The summed E-state index contributed by atoms with van der Waals surface area (Å²) in [5.41, 5.74) is 7.36. The SMILES string of the molecule is COc1ccc(N2C(N)=NCC23CCCC3C)cc1. The van der Waals surface area contributed by atoms with Crippen LogP contribution in [0.4, 0.5) is 5.69 Å². The molecule has 0 radical (unpaired) electrons. The van der Waals surface area contributed by atoms with Crippen molar-refractivity contribution < 1.29 is 4.74 Å². The number of anilines is 1. The fourth-order valence-electron chi connectivity index (χ4n) is 3.50. The lowest BCUT2D eigenvalue weighted by atomic mass is 9.87. The number of rotatable bonds is 2. The van der Waals surface area contributed by atoms with Crippen LogP contribution in [0.2, 0.25) is 0 Å². The Kier molecular flexibility index (Phi) is 2.88. The summed E-state index contributed by atoms with van der Waals surface area (Å²) in [5, 5.41) is 0. The molecule has 0 saturated heterocycles. The van der Waals surface area contributed by atoms with Crippen LogP contribution in [0.25, 0.3) is 0 Å². The van der Waals surface area contributed by atoms with Gasteiger partial charge in [0.15, 0.2) is 5.96 Å². The normalized spacial score (nSPS) is 29.9. The van der Waals surface area contributed by atoms with Crippen molar-refractivity contribution in [1.82, 2.24) is 0 Å². The van der Waals surface area contributed by atoms with Crippen LogP contribution in [0.15, 0.2) is 29.3 Å². The molecular formula is C15H21N3O. The standard InChI is InChI=1S/C15H21N3O/c1-11-4-3-9-15(11)10-17-14(16)18(15)12-5-7-13(19-2)8-6-12/h5-8,11H,3-4,9-10H2,1-2H3,(H2,16,17). The van der Waals surface area contributed by atoms with Gasteiger partial charge >= 0.3 is 0 Å². The van der Waals surface area contributed by atoms with Gasteiger partial charge in [-0.3, -0.25) is 4.99 Å². The molecule has 0 amide bonds. The molecule has 1 saturated carbocycles. The third-order valence-electron chi connectivity index (χ3n) is 4.68. The number of ether oxygens (including phenoxy) is 1. The van der Waals surface area contributed by atoms with E-state index in [1.165, 1.54) is 19.3 Å². The van der Waals surface area contributed by atoms with Crippen LogP contribution in [-0.2, 0) is 0 Å². The number of nitrogens with two attached hydrogens (primary N) is 1.